The van der Waals surface area contributed by atoms with Gasteiger partial charge in [-0.3, -0.25) is 4.99 Å². The molecule has 132 valence electrons. The predicted molar refractivity (Wildman–Crippen MR) is 99.3 cm³/mol. The second-order valence-corrected chi connectivity index (χ2v) is 5.88. The smallest absolute Gasteiger partial charge is 0.193 e. The van der Waals surface area contributed by atoms with Gasteiger partial charge in [-0.25, -0.2) is 0 Å². The Morgan fingerprint density at radius 2 is 2.12 bits per heavy atom. The molecule has 25 heavy (non-hydrogen) atoms. The van der Waals surface area contributed by atoms with Crippen molar-refractivity contribution in [2.75, 3.05) is 32.2 Å². The second kappa shape index (κ2) is 7.98. The summed E-state index contributed by atoms with van der Waals surface area (Å²) in [5.74, 6) is 2.39. The van der Waals surface area contributed by atoms with Crippen molar-refractivity contribution in [1.29, 1.82) is 0 Å². The fourth-order valence-electron chi connectivity index (χ4n) is 2.50. The zero-order valence-electron chi connectivity index (χ0n) is 13.9. The third kappa shape index (κ3) is 4.48. The third-order valence-corrected chi connectivity index (χ3v) is 3.96. The Kier molecular flexibility index (Phi) is 5.50. The van der Waals surface area contributed by atoms with Crippen molar-refractivity contribution in [3.63, 3.8) is 0 Å². The summed E-state index contributed by atoms with van der Waals surface area (Å²) in [4.78, 5) is 4.34. The SMILES string of the molecule is COc1cccc(NC(N)=NCCc2cc(Cl)c3c(c2)OCCO3)c1. The van der Waals surface area contributed by atoms with Gasteiger partial charge in [0.1, 0.15) is 19.0 Å². The highest BCUT2D eigenvalue weighted by Gasteiger charge is 2.16. The molecule has 0 saturated carbocycles. The van der Waals surface area contributed by atoms with Crippen molar-refractivity contribution in [2.24, 2.45) is 10.7 Å². The average Bonchev–Trinajstić information content (AvgIpc) is 2.62. The number of nitrogens with one attached hydrogen (secondary N) is 1. The number of guanidine groups is 1. The van der Waals surface area contributed by atoms with Crippen LogP contribution in [-0.4, -0.2) is 32.8 Å². The van der Waals surface area contributed by atoms with Crippen molar-refractivity contribution < 1.29 is 14.2 Å². The summed E-state index contributed by atoms with van der Waals surface area (Å²) < 4.78 is 16.3. The molecule has 0 unspecified atom stereocenters. The van der Waals surface area contributed by atoms with Gasteiger partial charge < -0.3 is 25.3 Å². The lowest BCUT2D eigenvalue weighted by Crippen LogP contribution is -2.23. The van der Waals surface area contributed by atoms with E-state index < -0.39 is 0 Å². The Balaban J connectivity index is 1.59. The van der Waals surface area contributed by atoms with E-state index in [1.165, 1.54) is 0 Å². The number of methoxy groups -OCH3 is 1. The first-order chi connectivity index (χ1) is 12.2. The van der Waals surface area contributed by atoms with Crippen LogP contribution in [0.4, 0.5) is 5.69 Å². The quantitative estimate of drug-likeness (QED) is 0.632. The number of aliphatic imine (C=N–C) groups is 1. The standard InChI is InChI=1S/C18H20ClN3O3/c1-23-14-4-2-3-13(11-14)22-18(20)21-6-5-12-9-15(19)17-16(10-12)24-7-8-25-17/h2-4,9-11H,5-8H2,1H3,(H3,20,21,22). The maximum absolute atomic E-state index is 6.23. The Hall–Kier alpha value is -2.60. The predicted octanol–water partition coefficient (Wildman–Crippen LogP) is 3.09. The summed E-state index contributed by atoms with van der Waals surface area (Å²) in [6.07, 6.45) is 0.691. The molecule has 1 aliphatic heterocycles. The number of nitrogens with zero attached hydrogens (tertiary/aromatic N) is 1. The van der Waals surface area contributed by atoms with Crippen LogP contribution in [0, 0.1) is 0 Å². The van der Waals surface area contributed by atoms with Crippen molar-refractivity contribution in [2.45, 2.75) is 6.42 Å². The molecular formula is C18H20ClN3O3. The zero-order valence-corrected chi connectivity index (χ0v) is 14.7. The molecule has 0 bridgehead atoms. The first kappa shape index (κ1) is 17.2. The summed E-state index contributed by atoms with van der Waals surface area (Å²) in [5, 5.41) is 3.60. The van der Waals surface area contributed by atoms with Crippen LogP contribution in [0.3, 0.4) is 0 Å². The summed E-state index contributed by atoms with van der Waals surface area (Å²) >= 11 is 6.23. The Morgan fingerprint density at radius 1 is 1.28 bits per heavy atom. The number of hydrogen-bond donors (Lipinski definition) is 2. The van der Waals surface area contributed by atoms with Gasteiger partial charge in [-0.05, 0) is 36.2 Å². The topological polar surface area (TPSA) is 78.1 Å². The molecule has 2 aromatic rings. The van der Waals surface area contributed by atoms with Gasteiger partial charge in [0.2, 0.25) is 0 Å². The summed E-state index contributed by atoms with van der Waals surface area (Å²) in [6.45, 7) is 1.57. The normalized spacial score (nSPS) is 13.4. The van der Waals surface area contributed by atoms with Crippen molar-refractivity contribution in [3.05, 3.63) is 47.0 Å². The lowest BCUT2D eigenvalue weighted by atomic mass is 10.1. The number of hydrogen-bond acceptors (Lipinski definition) is 4. The fourth-order valence-corrected chi connectivity index (χ4v) is 2.79. The number of ether oxygens (including phenoxy) is 3. The molecule has 7 heteroatoms. The van der Waals surface area contributed by atoms with E-state index in [9.17, 15) is 0 Å². The highest BCUT2D eigenvalue weighted by atomic mass is 35.5. The molecule has 6 nitrogen and oxygen atoms in total. The molecule has 0 amide bonds. The number of fused-ring (bicyclic) bond motifs is 1. The van der Waals surface area contributed by atoms with E-state index in [-0.39, 0.29) is 0 Å². The van der Waals surface area contributed by atoms with E-state index in [1.807, 2.05) is 36.4 Å². The van der Waals surface area contributed by atoms with E-state index in [0.717, 1.165) is 17.0 Å². The largest absolute Gasteiger partial charge is 0.497 e. The van der Waals surface area contributed by atoms with Crippen LogP contribution < -0.4 is 25.3 Å². The summed E-state index contributed by atoms with van der Waals surface area (Å²) in [5.41, 5.74) is 7.77. The Bertz CT molecular complexity index is 780. The minimum absolute atomic E-state index is 0.344. The van der Waals surface area contributed by atoms with Crippen molar-refractivity contribution in [1.82, 2.24) is 0 Å². The van der Waals surface area contributed by atoms with E-state index in [1.54, 1.807) is 7.11 Å². The molecule has 0 spiro atoms. The van der Waals surface area contributed by atoms with Gasteiger partial charge in [-0.1, -0.05) is 17.7 Å². The Morgan fingerprint density at radius 3 is 2.96 bits per heavy atom. The van der Waals surface area contributed by atoms with Crippen LogP contribution in [0.15, 0.2) is 41.4 Å². The molecular weight excluding hydrogens is 342 g/mol. The molecule has 0 saturated heterocycles. The van der Waals surface area contributed by atoms with E-state index >= 15 is 0 Å². The van der Waals surface area contributed by atoms with Crippen LogP contribution in [0.5, 0.6) is 17.2 Å². The molecule has 1 aliphatic rings. The number of nitrogens with two attached hydrogens (primary N) is 1. The maximum Gasteiger partial charge on any atom is 0.193 e. The molecule has 1 heterocycles. The Labute approximate surface area is 151 Å². The van der Waals surface area contributed by atoms with Crippen molar-refractivity contribution in [3.8, 4) is 17.2 Å². The van der Waals surface area contributed by atoms with Crippen molar-refractivity contribution >= 4 is 23.2 Å². The van der Waals surface area contributed by atoms with Gasteiger partial charge in [-0.2, -0.15) is 0 Å². The van der Waals surface area contributed by atoms with Gasteiger partial charge in [0.25, 0.3) is 0 Å². The first-order valence-corrected chi connectivity index (χ1v) is 8.32. The number of benzene rings is 2. The maximum atomic E-state index is 6.23. The molecule has 2 aromatic carbocycles. The number of rotatable bonds is 5. The minimum atomic E-state index is 0.344. The third-order valence-electron chi connectivity index (χ3n) is 3.68. The average molecular weight is 362 g/mol. The molecule has 0 radical (unpaired) electrons. The van der Waals surface area contributed by atoms with Crippen LogP contribution in [0.2, 0.25) is 5.02 Å². The van der Waals surface area contributed by atoms with Gasteiger partial charge in [0.05, 0.1) is 12.1 Å². The monoisotopic (exact) mass is 361 g/mol. The molecule has 0 fully saturated rings. The van der Waals surface area contributed by atoms with Gasteiger partial charge in [-0.15, -0.1) is 0 Å². The molecule has 0 aromatic heterocycles. The van der Waals surface area contributed by atoms with E-state index in [0.29, 0.717) is 48.7 Å². The lowest BCUT2D eigenvalue weighted by molar-refractivity contribution is 0.171. The van der Waals surface area contributed by atoms with Gasteiger partial charge in [0.15, 0.2) is 17.5 Å². The highest BCUT2D eigenvalue weighted by Crippen LogP contribution is 2.38. The molecule has 3 rings (SSSR count). The minimum Gasteiger partial charge on any atom is -0.497 e. The zero-order chi connectivity index (χ0) is 17.6. The molecule has 0 atom stereocenters. The van der Waals surface area contributed by atoms with Gasteiger partial charge >= 0.3 is 0 Å². The lowest BCUT2D eigenvalue weighted by Gasteiger charge is -2.20. The number of halogens is 1. The van der Waals surface area contributed by atoms with Crippen LogP contribution >= 0.6 is 11.6 Å². The fraction of sp³-hybridized carbons (Fsp3) is 0.278. The van der Waals surface area contributed by atoms with Crippen LogP contribution in [-0.2, 0) is 6.42 Å². The van der Waals surface area contributed by atoms with Crippen LogP contribution in [0.25, 0.3) is 0 Å². The van der Waals surface area contributed by atoms with Gasteiger partial charge in [0, 0.05) is 18.3 Å². The summed E-state index contributed by atoms with van der Waals surface area (Å²) in [7, 11) is 1.62. The molecule has 3 N–H and O–H groups in total. The van der Waals surface area contributed by atoms with E-state index in [4.69, 9.17) is 31.5 Å². The van der Waals surface area contributed by atoms with Crippen LogP contribution in [0.1, 0.15) is 5.56 Å². The van der Waals surface area contributed by atoms with E-state index in [2.05, 4.69) is 10.3 Å². The highest BCUT2D eigenvalue weighted by molar-refractivity contribution is 6.32. The molecule has 0 aliphatic carbocycles. The summed E-state index contributed by atoms with van der Waals surface area (Å²) in [6, 6.07) is 11.3. The second-order valence-electron chi connectivity index (χ2n) is 5.48. The first-order valence-electron chi connectivity index (χ1n) is 7.95. The number of anilines is 1.